The molecule has 4 heteroatoms. The zero-order valence-electron chi connectivity index (χ0n) is 12.3. The number of ether oxygens (including phenoxy) is 1. The quantitative estimate of drug-likeness (QED) is 0.852. The van der Waals surface area contributed by atoms with Crippen LogP contribution < -0.4 is 10.5 Å². The zero-order valence-corrected chi connectivity index (χ0v) is 12.3. The molecule has 0 radical (unpaired) electrons. The van der Waals surface area contributed by atoms with Gasteiger partial charge in [0.1, 0.15) is 5.75 Å². The number of amides is 1. The number of rotatable bonds is 6. The molecule has 0 unspecified atom stereocenters. The van der Waals surface area contributed by atoms with Crippen LogP contribution in [0.25, 0.3) is 0 Å². The molecule has 0 spiro atoms. The first-order chi connectivity index (χ1) is 8.84. The van der Waals surface area contributed by atoms with Crippen molar-refractivity contribution in [2.45, 2.75) is 20.8 Å². The third-order valence-electron chi connectivity index (χ3n) is 3.03. The second kappa shape index (κ2) is 6.57. The van der Waals surface area contributed by atoms with Gasteiger partial charge in [-0.25, -0.2) is 0 Å². The van der Waals surface area contributed by atoms with E-state index in [0.29, 0.717) is 18.8 Å². The highest BCUT2D eigenvalue weighted by atomic mass is 16.5. The van der Waals surface area contributed by atoms with Gasteiger partial charge in [-0.15, -0.1) is 0 Å². The number of benzene rings is 1. The Bertz CT molecular complexity index is 413. The summed E-state index contributed by atoms with van der Waals surface area (Å²) in [5, 5.41) is 0. The lowest BCUT2D eigenvalue weighted by Gasteiger charge is -2.29. The summed E-state index contributed by atoms with van der Waals surface area (Å²) < 4.78 is 5.47. The summed E-state index contributed by atoms with van der Waals surface area (Å²) in [5.41, 5.74) is 6.76. The van der Waals surface area contributed by atoms with Crippen LogP contribution in [0.3, 0.4) is 0 Å². The molecule has 0 aliphatic rings. The number of nitrogens with two attached hydrogens (primary N) is 1. The van der Waals surface area contributed by atoms with Gasteiger partial charge in [0.2, 0.25) is 0 Å². The van der Waals surface area contributed by atoms with Gasteiger partial charge in [-0.3, -0.25) is 4.79 Å². The summed E-state index contributed by atoms with van der Waals surface area (Å²) in [6.07, 6.45) is 0. The lowest BCUT2D eigenvalue weighted by Crippen LogP contribution is -2.41. The fourth-order valence-corrected chi connectivity index (χ4v) is 1.68. The van der Waals surface area contributed by atoms with Crippen molar-refractivity contribution >= 4 is 5.91 Å². The highest BCUT2D eigenvalue weighted by molar-refractivity contribution is 5.77. The molecule has 0 saturated heterocycles. The van der Waals surface area contributed by atoms with Crippen molar-refractivity contribution in [2.24, 2.45) is 11.1 Å². The van der Waals surface area contributed by atoms with Crippen LogP contribution in [0.4, 0.5) is 0 Å². The number of nitrogens with zero attached hydrogens (tertiary/aromatic N) is 1. The van der Waals surface area contributed by atoms with Gasteiger partial charge in [0.15, 0.2) is 6.61 Å². The monoisotopic (exact) mass is 264 g/mol. The standard InChI is InChI=1S/C15H24N2O2/c1-12-5-7-13(8-6-12)19-9-14(18)17(4)11-15(2,3)10-16/h5-8H,9-11,16H2,1-4H3. The van der Waals surface area contributed by atoms with E-state index in [4.69, 9.17) is 10.5 Å². The number of carbonyl (C=O) groups excluding carboxylic acids is 1. The lowest BCUT2D eigenvalue weighted by molar-refractivity contribution is -0.133. The maximum atomic E-state index is 11.9. The van der Waals surface area contributed by atoms with Crippen molar-refractivity contribution in [3.63, 3.8) is 0 Å². The van der Waals surface area contributed by atoms with E-state index in [-0.39, 0.29) is 17.9 Å². The first kappa shape index (κ1) is 15.5. The fourth-order valence-electron chi connectivity index (χ4n) is 1.68. The van der Waals surface area contributed by atoms with E-state index in [1.807, 2.05) is 45.0 Å². The molecule has 0 aliphatic carbocycles. The van der Waals surface area contributed by atoms with Crippen LogP contribution >= 0.6 is 0 Å². The SMILES string of the molecule is Cc1ccc(OCC(=O)N(C)CC(C)(C)CN)cc1. The molecule has 0 fully saturated rings. The molecule has 0 aliphatic heterocycles. The van der Waals surface area contributed by atoms with Gasteiger partial charge >= 0.3 is 0 Å². The number of aryl methyl sites for hydroxylation is 1. The molecular formula is C15H24N2O2. The third-order valence-corrected chi connectivity index (χ3v) is 3.03. The maximum absolute atomic E-state index is 11.9. The van der Waals surface area contributed by atoms with Crippen LogP contribution in [0.5, 0.6) is 5.75 Å². The lowest BCUT2D eigenvalue weighted by atomic mass is 9.93. The van der Waals surface area contributed by atoms with Crippen molar-refractivity contribution < 1.29 is 9.53 Å². The normalized spacial score (nSPS) is 11.2. The molecule has 4 nitrogen and oxygen atoms in total. The molecule has 1 amide bonds. The Morgan fingerprint density at radius 2 is 1.89 bits per heavy atom. The highest BCUT2D eigenvalue weighted by Gasteiger charge is 2.21. The summed E-state index contributed by atoms with van der Waals surface area (Å²) in [6.45, 7) is 7.32. The number of likely N-dealkylation sites (N-methyl/N-ethyl adjacent to an activating group) is 1. The first-order valence-electron chi connectivity index (χ1n) is 6.47. The maximum Gasteiger partial charge on any atom is 0.260 e. The van der Waals surface area contributed by atoms with Gasteiger partial charge in [0.05, 0.1) is 0 Å². The van der Waals surface area contributed by atoms with E-state index in [1.54, 1.807) is 11.9 Å². The summed E-state index contributed by atoms with van der Waals surface area (Å²) in [4.78, 5) is 13.6. The number of hydrogen-bond donors (Lipinski definition) is 1. The van der Waals surface area contributed by atoms with Crippen molar-refractivity contribution in [3.8, 4) is 5.75 Å². The van der Waals surface area contributed by atoms with E-state index in [1.165, 1.54) is 5.56 Å². The van der Waals surface area contributed by atoms with Crippen molar-refractivity contribution in [3.05, 3.63) is 29.8 Å². The molecule has 2 N–H and O–H groups in total. The van der Waals surface area contributed by atoms with Crippen LogP contribution in [-0.2, 0) is 4.79 Å². The smallest absolute Gasteiger partial charge is 0.260 e. The minimum atomic E-state index is -0.0751. The van der Waals surface area contributed by atoms with Crippen LogP contribution in [0.1, 0.15) is 19.4 Å². The van der Waals surface area contributed by atoms with Crippen molar-refractivity contribution in [2.75, 3.05) is 26.7 Å². The van der Waals surface area contributed by atoms with E-state index < -0.39 is 0 Å². The molecule has 106 valence electrons. The molecule has 0 saturated carbocycles. The van der Waals surface area contributed by atoms with E-state index in [0.717, 1.165) is 0 Å². The second-order valence-electron chi connectivity index (χ2n) is 5.72. The highest BCUT2D eigenvalue weighted by Crippen LogP contribution is 2.15. The fraction of sp³-hybridized carbons (Fsp3) is 0.533. The summed E-state index contributed by atoms with van der Waals surface area (Å²) >= 11 is 0. The van der Waals surface area contributed by atoms with Gasteiger partial charge < -0.3 is 15.4 Å². The Balaban J connectivity index is 2.44. The van der Waals surface area contributed by atoms with Crippen LogP contribution in [-0.4, -0.2) is 37.6 Å². The van der Waals surface area contributed by atoms with E-state index in [2.05, 4.69) is 0 Å². The zero-order chi connectivity index (χ0) is 14.5. The molecule has 0 bridgehead atoms. The molecule has 1 aromatic rings. The average Bonchev–Trinajstić information content (AvgIpc) is 2.37. The average molecular weight is 264 g/mol. The third kappa shape index (κ3) is 5.30. The van der Waals surface area contributed by atoms with Crippen LogP contribution in [0, 0.1) is 12.3 Å². The summed E-state index contributed by atoms with van der Waals surface area (Å²) in [6, 6.07) is 7.65. The van der Waals surface area contributed by atoms with Crippen molar-refractivity contribution in [1.82, 2.24) is 4.90 Å². The Kier molecular flexibility index (Phi) is 5.36. The first-order valence-corrected chi connectivity index (χ1v) is 6.47. The largest absolute Gasteiger partial charge is 0.484 e. The molecule has 0 heterocycles. The predicted octanol–water partition coefficient (Wildman–Crippen LogP) is 1.82. The van der Waals surface area contributed by atoms with E-state index >= 15 is 0 Å². The Hall–Kier alpha value is -1.55. The van der Waals surface area contributed by atoms with Gasteiger partial charge in [0, 0.05) is 13.6 Å². The Labute approximate surface area is 115 Å². The molecule has 1 rings (SSSR count). The summed E-state index contributed by atoms with van der Waals surface area (Å²) in [7, 11) is 1.78. The van der Waals surface area contributed by atoms with Gasteiger partial charge in [-0.05, 0) is 31.0 Å². The molecule has 1 aromatic carbocycles. The summed E-state index contributed by atoms with van der Waals surface area (Å²) in [5.74, 6) is 0.674. The molecule has 0 atom stereocenters. The number of hydrogen-bond acceptors (Lipinski definition) is 3. The minimum Gasteiger partial charge on any atom is -0.484 e. The Morgan fingerprint density at radius 1 is 1.32 bits per heavy atom. The minimum absolute atomic E-state index is 0.0397. The van der Waals surface area contributed by atoms with Crippen molar-refractivity contribution in [1.29, 1.82) is 0 Å². The topological polar surface area (TPSA) is 55.6 Å². The van der Waals surface area contributed by atoms with Gasteiger partial charge in [-0.1, -0.05) is 31.5 Å². The van der Waals surface area contributed by atoms with Gasteiger partial charge in [0.25, 0.3) is 5.91 Å². The van der Waals surface area contributed by atoms with E-state index in [9.17, 15) is 4.79 Å². The second-order valence-corrected chi connectivity index (χ2v) is 5.72. The van der Waals surface area contributed by atoms with Crippen LogP contribution in [0.15, 0.2) is 24.3 Å². The molecule has 19 heavy (non-hydrogen) atoms. The van der Waals surface area contributed by atoms with Crippen LogP contribution in [0.2, 0.25) is 0 Å². The Morgan fingerprint density at radius 3 is 2.42 bits per heavy atom. The predicted molar refractivity (Wildman–Crippen MR) is 77.1 cm³/mol. The van der Waals surface area contributed by atoms with Gasteiger partial charge in [-0.2, -0.15) is 0 Å². The molecular weight excluding hydrogens is 240 g/mol. The number of carbonyl (C=O) groups is 1. The molecule has 0 aromatic heterocycles.